The summed E-state index contributed by atoms with van der Waals surface area (Å²) in [4.78, 5) is 4.07. The minimum Gasteiger partial charge on any atom is -0.335 e. The zero-order valence-electron chi connectivity index (χ0n) is 9.27. The fraction of sp³-hybridized carbons (Fsp3) is 0.0833. The van der Waals surface area contributed by atoms with Crippen molar-refractivity contribution in [2.24, 2.45) is 0 Å². The van der Waals surface area contributed by atoms with Crippen molar-refractivity contribution in [1.82, 2.24) is 4.98 Å². The van der Waals surface area contributed by atoms with E-state index in [1.54, 1.807) is 13.1 Å². The van der Waals surface area contributed by atoms with E-state index in [-0.39, 0.29) is 5.69 Å². The largest absolute Gasteiger partial charge is 0.335 e. The van der Waals surface area contributed by atoms with Crippen molar-refractivity contribution in [3.05, 3.63) is 50.5 Å². The molecule has 0 saturated heterocycles. The van der Waals surface area contributed by atoms with E-state index < -0.39 is 11.6 Å². The molecule has 18 heavy (non-hydrogen) atoms. The van der Waals surface area contributed by atoms with Gasteiger partial charge in [-0.1, -0.05) is 15.9 Å². The Labute approximate surface area is 120 Å². The van der Waals surface area contributed by atoms with Gasteiger partial charge in [0.05, 0.1) is 0 Å². The second-order valence-electron chi connectivity index (χ2n) is 3.69. The van der Waals surface area contributed by atoms with E-state index in [4.69, 9.17) is 0 Å². The SMILES string of the molecule is Cc1cc(Br)cnc1Nc1c(F)cc(Br)cc1F. The molecular weight excluding hydrogens is 370 g/mol. The Hall–Kier alpha value is -1.01. The highest BCUT2D eigenvalue weighted by molar-refractivity contribution is 9.10. The van der Waals surface area contributed by atoms with Crippen LogP contribution in [0.15, 0.2) is 33.3 Å². The molecule has 2 rings (SSSR count). The van der Waals surface area contributed by atoms with Crippen molar-refractivity contribution in [3.63, 3.8) is 0 Å². The molecule has 1 aromatic carbocycles. The highest BCUT2D eigenvalue weighted by atomic mass is 79.9. The number of hydrogen-bond acceptors (Lipinski definition) is 2. The van der Waals surface area contributed by atoms with Crippen LogP contribution in [0.25, 0.3) is 0 Å². The van der Waals surface area contributed by atoms with Crippen LogP contribution < -0.4 is 5.32 Å². The second-order valence-corrected chi connectivity index (χ2v) is 5.52. The molecule has 0 bridgehead atoms. The highest BCUT2D eigenvalue weighted by Crippen LogP contribution is 2.28. The number of aromatic nitrogens is 1. The lowest BCUT2D eigenvalue weighted by molar-refractivity contribution is 0.589. The fourth-order valence-corrected chi connectivity index (χ4v) is 2.30. The van der Waals surface area contributed by atoms with Gasteiger partial charge in [0.15, 0.2) is 11.6 Å². The number of rotatable bonds is 2. The molecule has 0 radical (unpaired) electrons. The second kappa shape index (κ2) is 5.32. The summed E-state index contributed by atoms with van der Waals surface area (Å²) in [5.41, 5.74) is 0.571. The Bertz CT molecular complexity index is 580. The van der Waals surface area contributed by atoms with Gasteiger partial charge in [0.1, 0.15) is 11.5 Å². The van der Waals surface area contributed by atoms with Crippen molar-refractivity contribution >= 4 is 43.4 Å². The molecule has 94 valence electrons. The molecule has 1 N–H and O–H groups in total. The summed E-state index contributed by atoms with van der Waals surface area (Å²) in [6.45, 7) is 1.80. The number of halogens is 4. The van der Waals surface area contributed by atoms with E-state index in [1.807, 2.05) is 6.07 Å². The lowest BCUT2D eigenvalue weighted by Gasteiger charge is -2.10. The average Bonchev–Trinajstić information content (AvgIpc) is 2.25. The molecule has 2 aromatic rings. The molecular formula is C12H8Br2F2N2. The first-order valence-electron chi connectivity index (χ1n) is 5.01. The molecule has 0 fully saturated rings. The summed E-state index contributed by atoms with van der Waals surface area (Å²) in [6.07, 6.45) is 1.56. The normalized spacial score (nSPS) is 10.5. The summed E-state index contributed by atoms with van der Waals surface area (Å²) in [6, 6.07) is 4.20. The van der Waals surface area contributed by atoms with Crippen LogP contribution in [0, 0.1) is 18.6 Å². The van der Waals surface area contributed by atoms with Crippen molar-refractivity contribution in [2.45, 2.75) is 6.92 Å². The molecule has 0 saturated carbocycles. The van der Waals surface area contributed by atoms with Crippen molar-refractivity contribution in [2.75, 3.05) is 5.32 Å². The average molecular weight is 378 g/mol. The Morgan fingerprint density at radius 1 is 1.06 bits per heavy atom. The molecule has 0 aliphatic carbocycles. The number of nitrogens with zero attached hydrogens (tertiary/aromatic N) is 1. The molecule has 6 heteroatoms. The van der Waals surface area contributed by atoms with Crippen LogP contribution >= 0.6 is 31.9 Å². The summed E-state index contributed by atoms with van der Waals surface area (Å²) < 4.78 is 28.4. The predicted octanol–water partition coefficient (Wildman–Crippen LogP) is 4.94. The van der Waals surface area contributed by atoms with Crippen LogP contribution in [-0.2, 0) is 0 Å². The lowest BCUT2D eigenvalue weighted by atomic mass is 10.2. The van der Waals surface area contributed by atoms with Crippen LogP contribution in [0.1, 0.15) is 5.56 Å². The van der Waals surface area contributed by atoms with Crippen molar-refractivity contribution < 1.29 is 8.78 Å². The third-order valence-electron chi connectivity index (χ3n) is 2.30. The number of benzene rings is 1. The summed E-state index contributed by atoms with van der Waals surface area (Å²) in [5, 5.41) is 2.66. The van der Waals surface area contributed by atoms with Crippen LogP contribution in [0.5, 0.6) is 0 Å². The number of anilines is 2. The number of pyridine rings is 1. The zero-order chi connectivity index (χ0) is 13.3. The first-order valence-corrected chi connectivity index (χ1v) is 6.59. The Morgan fingerprint density at radius 2 is 1.67 bits per heavy atom. The molecule has 0 atom stereocenters. The highest BCUT2D eigenvalue weighted by Gasteiger charge is 2.12. The molecule has 1 heterocycles. The maximum absolute atomic E-state index is 13.6. The van der Waals surface area contributed by atoms with Gasteiger partial charge in [0.2, 0.25) is 0 Å². The van der Waals surface area contributed by atoms with Gasteiger partial charge in [-0.2, -0.15) is 0 Å². The summed E-state index contributed by atoms with van der Waals surface area (Å²) in [5.74, 6) is -0.935. The van der Waals surface area contributed by atoms with Crippen LogP contribution in [0.2, 0.25) is 0 Å². The van der Waals surface area contributed by atoms with E-state index in [1.165, 1.54) is 12.1 Å². The van der Waals surface area contributed by atoms with E-state index in [9.17, 15) is 8.78 Å². The van der Waals surface area contributed by atoms with Gasteiger partial charge in [-0.25, -0.2) is 13.8 Å². The number of aryl methyl sites for hydroxylation is 1. The summed E-state index contributed by atoms with van der Waals surface area (Å²) >= 11 is 6.30. The van der Waals surface area contributed by atoms with Crippen molar-refractivity contribution in [1.29, 1.82) is 0 Å². The molecule has 1 aromatic heterocycles. The van der Waals surface area contributed by atoms with Crippen LogP contribution in [0.4, 0.5) is 20.3 Å². The van der Waals surface area contributed by atoms with E-state index >= 15 is 0 Å². The van der Waals surface area contributed by atoms with Crippen molar-refractivity contribution in [3.8, 4) is 0 Å². The summed E-state index contributed by atoms with van der Waals surface area (Å²) in [7, 11) is 0. The lowest BCUT2D eigenvalue weighted by Crippen LogP contribution is -2.01. The molecule has 0 unspecified atom stereocenters. The van der Waals surface area contributed by atoms with Crippen LogP contribution in [0.3, 0.4) is 0 Å². The first-order chi connectivity index (χ1) is 8.47. The quantitative estimate of drug-likeness (QED) is 0.801. The van der Waals surface area contributed by atoms with Gasteiger partial charge in [0.25, 0.3) is 0 Å². The van der Waals surface area contributed by atoms with E-state index in [0.717, 1.165) is 10.0 Å². The minimum atomic E-state index is -0.675. The fourth-order valence-electron chi connectivity index (χ4n) is 1.45. The third-order valence-corrected chi connectivity index (χ3v) is 3.19. The third kappa shape index (κ3) is 2.87. The first kappa shape index (κ1) is 13.4. The predicted molar refractivity (Wildman–Crippen MR) is 74.0 cm³/mol. The van der Waals surface area contributed by atoms with Gasteiger partial charge in [-0.05, 0) is 46.6 Å². The molecule has 0 aliphatic heterocycles. The Morgan fingerprint density at radius 3 is 2.22 bits per heavy atom. The molecule has 2 nitrogen and oxygen atoms in total. The smallest absolute Gasteiger partial charge is 0.150 e. The van der Waals surface area contributed by atoms with Gasteiger partial charge in [-0.15, -0.1) is 0 Å². The van der Waals surface area contributed by atoms with Crippen LogP contribution in [-0.4, -0.2) is 4.98 Å². The maximum atomic E-state index is 13.6. The maximum Gasteiger partial charge on any atom is 0.150 e. The monoisotopic (exact) mass is 376 g/mol. The number of nitrogens with one attached hydrogen (secondary N) is 1. The molecule has 0 amide bonds. The van der Waals surface area contributed by atoms with E-state index in [0.29, 0.717) is 10.3 Å². The van der Waals surface area contributed by atoms with E-state index in [2.05, 4.69) is 42.2 Å². The van der Waals surface area contributed by atoms with Gasteiger partial charge < -0.3 is 5.32 Å². The molecule has 0 aliphatic rings. The van der Waals surface area contributed by atoms with Gasteiger partial charge >= 0.3 is 0 Å². The zero-order valence-corrected chi connectivity index (χ0v) is 12.4. The Balaban J connectivity index is 2.40. The van der Waals surface area contributed by atoms with Gasteiger partial charge in [-0.3, -0.25) is 0 Å². The Kier molecular flexibility index (Phi) is 3.97. The standard InChI is InChI=1S/C12H8Br2F2N2/c1-6-2-8(14)5-17-12(6)18-11-9(15)3-7(13)4-10(11)16/h2-5H,1H3,(H,17,18). The van der Waals surface area contributed by atoms with Gasteiger partial charge in [0, 0.05) is 15.1 Å². The topological polar surface area (TPSA) is 24.9 Å². The molecule has 0 spiro atoms. The number of hydrogen-bond donors (Lipinski definition) is 1. The minimum absolute atomic E-state index is 0.212.